The van der Waals surface area contributed by atoms with Gasteiger partial charge in [-0.25, -0.2) is 4.98 Å². The third kappa shape index (κ3) is 3.92. The predicted molar refractivity (Wildman–Crippen MR) is 88.9 cm³/mol. The monoisotopic (exact) mass is 325 g/mol. The van der Waals surface area contributed by atoms with E-state index in [9.17, 15) is 4.79 Å². The molecular formula is C15H20ClN3OS. The van der Waals surface area contributed by atoms with Crippen molar-refractivity contribution in [1.82, 2.24) is 14.9 Å². The number of nitrogens with one attached hydrogen (secondary N) is 1. The summed E-state index contributed by atoms with van der Waals surface area (Å²) in [4.78, 5) is 16.4. The Morgan fingerprint density at radius 1 is 1.43 bits per heavy atom. The van der Waals surface area contributed by atoms with E-state index in [1.807, 2.05) is 36.7 Å². The zero-order valence-corrected chi connectivity index (χ0v) is 14.3. The number of imidazole rings is 1. The number of amides is 1. The molecule has 0 fully saturated rings. The number of aromatic nitrogens is 2. The molecule has 114 valence electrons. The SMILES string of the molecule is CC(C)[C@@H](C)NC(=O)CSc1nc2cc(Cl)ccc2n1C. The number of fused-ring (bicyclic) bond motifs is 1. The Bertz CT molecular complexity index is 654. The topological polar surface area (TPSA) is 46.9 Å². The molecular weight excluding hydrogens is 306 g/mol. The summed E-state index contributed by atoms with van der Waals surface area (Å²) in [6.07, 6.45) is 0. The van der Waals surface area contributed by atoms with Crippen molar-refractivity contribution in [2.75, 3.05) is 5.75 Å². The molecule has 4 nitrogen and oxygen atoms in total. The number of benzene rings is 1. The maximum Gasteiger partial charge on any atom is 0.230 e. The second kappa shape index (κ2) is 6.71. The van der Waals surface area contributed by atoms with E-state index in [0.717, 1.165) is 16.2 Å². The first kappa shape index (κ1) is 16.2. The molecule has 0 saturated heterocycles. The molecule has 0 radical (unpaired) electrons. The smallest absolute Gasteiger partial charge is 0.230 e. The molecule has 0 aliphatic carbocycles. The lowest BCUT2D eigenvalue weighted by atomic mass is 10.1. The summed E-state index contributed by atoms with van der Waals surface area (Å²) in [5.74, 6) is 0.824. The summed E-state index contributed by atoms with van der Waals surface area (Å²) in [6.45, 7) is 6.20. The first-order valence-corrected chi connectivity index (χ1v) is 8.29. The fourth-order valence-corrected chi connectivity index (χ4v) is 2.84. The molecule has 2 aromatic rings. The van der Waals surface area contributed by atoms with Gasteiger partial charge in [-0.15, -0.1) is 0 Å². The van der Waals surface area contributed by atoms with Crippen LogP contribution >= 0.6 is 23.4 Å². The van der Waals surface area contributed by atoms with Crippen molar-refractivity contribution in [3.05, 3.63) is 23.2 Å². The summed E-state index contributed by atoms with van der Waals surface area (Å²) in [7, 11) is 1.94. The Kier molecular flexibility index (Phi) is 5.17. The fourth-order valence-electron chi connectivity index (χ4n) is 1.87. The summed E-state index contributed by atoms with van der Waals surface area (Å²) in [6, 6.07) is 5.80. The van der Waals surface area contributed by atoms with E-state index in [2.05, 4.69) is 24.1 Å². The molecule has 1 aromatic heterocycles. The van der Waals surface area contributed by atoms with E-state index in [1.165, 1.54) is 11.8 Å². The normalized spacial score (nSPS) is 12.9. The van der Waals surface area contributed by atoms with Crippen molar-refractivity contribution < 1.29 is 4.79 Å². The molecule has 1 heterocycles. The van der Waals surface area contributed by atoms with E-state index in [1.54, 1.807) is 0 Å². The minimum atomic E-state index is 0.0336. The first-order chi connectivity index (χ1) is 9.88. The second-order valence-electron chi connectivity index (χ2n) is 5.48. The van der Waals surface area contributed by atoms with Crippen molar-refractivity contribution in [3.8, 4) is 0 Å². The number of hydrogen-bond donors (Lipinski definition) is 1. The fraction of sp³-hybridized carbons (Fsp3) is 0.467. The Balaban J connectivity index is 2.03. The van der Waals surface area contributed by atoms with E-state index in [-0.39, 0.29) is 11.9 Å². The molecule has 0 bridgehead atoms. The van der Waals surface area contributed by atoms with Gasteiger partial charge >= 0.3 is 0 Å². The number of rotatable bonds is 5. The Morgan fingerprint density at radius 2 is 2.14 bits per heavy atom. The van der Waals surface area contributed by atoms with Crippen LogP contribution in [0.4, 0.5) is 0 Å². The van der Waals surface area contributed by atoms with Crippen LogP contribution in [0.25, 0.3) is 11.0 Å². The van der Waals surface area contributed by atoms with Crippen molar-refractivity contribution in [2.45, 2.75) is 32.0 Å². The van der Waals surface area contributed by atoms with Gasteiger partial charge in [-0.05, 0) is 31.0 Å². The molecule has 21 heavy (non-hydrogen) atoms. The predicted octanol–water partition coefficient (Wildman–Crippen LogP) is 3.48. The lowest BCUT2D eigenvalue weighted by Crippen LogP contribution is -2.37. The molecule has 6 heteroatoms. The van der Waals surface area contributed by atoms with Crippen LogP contribution in [0.15, 0.2) is 23.4 Å². The number of carbonyl (C=O) groups excluding carboxylic acids is 1. The van der Waals surface area contributed by atoms with E-state index in [4.69, 9.17) is 11.6 Å². The highest BCUT2D eigenvalue weighted by molar-refractivity contribution is 7.99. The quantitative estimate of drug-likeness (QED) is 0.856. The van der Waals surface area contributed by atoms with E-state index < -0.39 is 0 Å². The summed E-state index contributed by atoms with van der Waals surface area (Å²) >= 11 is 7.41. The number of thioether (sulfide) groups is 1. The van der Waals surface area contributed by atoms with Gasteiger partial charge < -0.3 is 9.88 Å². The minimum Gasteiger partial charge on any atom is -0.353 e. The van der Waals surface area contributed by atoms with Gasteiger partial charge in [-0.1, -0.05) is 37.2 Å². The second-order valence-corrected chi connectivity index (χ2v) is 6.85. The zero-order valence-electron chi connectivity index (χ0n) is 12.7. The molecule has 1 N–H and O–H groups in total. The van der Waals surface area contributed by atoms with Crippen LogP contribution in [0, 0.1) is 5.92 Å². The maximum absolute atomic E-state index is 11.9. The number of aryl methyl sites for hydroxylation is 1. The average molecular weight is 326 g/mol. The summed E-state index contributed by atoms with van der Waals surface area (Å²) in [5, 5.41) is 4.48. The third-order valence-corrected chi connectivity index (χ3v) is 4.79. The third-order valence-electron chi connectivity index (χ3n) is 3.52. The van der Waals surface area contributed by atoms with Crippen LogP contribution in [0.5, 0.6) is 0 Å². The number of carbonyl (C=O) groups is 1. The molecule has 1 atom stereocenters. The van der Waals surface area contributed by atoms with Crippen LogP contribution in [0.3, 0.4) is 0 Å². The first-order valence-electron chi connectivity index (χ1n) is 6.92. The summed E-state index contributed by atoms with van der Waals surface area (Å²) < 4.78 is 1.98. The molecule has 0 aliphatic heterocycles. The van der Waals surface area contributed by atoms with Crippen LogP contribution < -0.4 is 5.32 Å². The average Bonchev–Trinajstić information content (AvgIpc) is 2.72. The van der Waals surface area contributed by atoms with Crippen LogP contribution in [0.1, 0.15) is 20.8 Å². The molecule has 0 spiro atoms. The van der Waals surface area contributed by atoms with Crippen molar-refractivity contribution in [2.24, 2.45) is 13.0 Å². The van der Waals surface area contributed by atoms with Crippen molar-refractivity contribution in [3.63, 3.8) is 0 Å². The van der Waals surface area contributed by atoms with Crippen LogP contribution in [-0.2, 0) is 11.8 Å². The number of nitrogens with zero attached hydrogens (tertiary/aromatic N) is 2. The summed E-state index contributed by atoms with van der Waals surface area (Å²) in [5.41, 5.74) is 1.86. The van der Waals surface area contributed by atoms with Crippen LogP contribution in [-0.4, -0.2) is 27.3 Å². The van der Waals surface area contributed by atoms with Crippen LogP contribution in [0.2, 0.25) is 5.02 Å². The van der Waals surface area contributed by atoms with E-state index >= 15 is 0 Å². The Hall–Kier alpha value is -1.20. The highest BCUT2D eigenvalue weighted by atomic mass is 35.5. The maximum atomic E-state index is 11.9. The van der Waals surface area contributed by atoms with Crippen molar-refractivity contribution in [1.29, 1.82) is 0 Å². The van der Waals surface area contributed by atoms with Crippen molar-refractivity contribution >= 4 is 40.3 Å². The van der Waals surface area contributed by atoms with Gasteiger partial charge in [-0.3, -0.25) is 4.79 Å². The molecule has 1 aromatic carbocycles. The highest BCUT2D eigenvalue weighted by Gasteiger charge is 2.13. The standard InChI is InChI=1S/C15H20ClN3OS/c1-9(2)10(3)17-14(20)8-21-15-18-12-7-11(16)5-6-13(12)19(15)4/h5-7,9-10H,8H2,1-4H3,(H,17,20)/t10-/m1/s1. The molecule has 2 rings (SSSR count). The van der Waals surface area contributed by atoms with Gasteiger partial charge in [0.15, 0.2) is 5.16 Å². The molecule has 0 saturated carbocycles. The Labute approximate surface area is 134 Å². The lowest BCUT2D eigenvalue weighted by Gasteiger charge is -2.17. The van der Waals surface area contributed by atoms with Gasteiger partial charge in [0.25, 0.3) is 0 Å². The Morgan fingerprint density at radius 3 is 2.81 bits per heavy atom. The van der Waals surface area contributed by atoms with Gasteiger partial charge in [0.1, 0.15) is 0 Å². The van der Waals surface area contributed by atoms with Gasteiger partial charge in [0.2, 0.25) is 5.91 Å². The highest BCUT2D eigenvalue weighted by Crippen LogP contribution is 2.24. The lowest BCUT2D eigenvalue weighted by molar-refractivity contribution is -0.119. The number of hydrogen-bond acceptors (Lipinski definition) is 3. The number of halogens is 1. The minimum absolute atomic E-state index is 0.0336. The molecule has 0 aliphatic rings. The molecule has 1 amide bonds. The zero-order chi connectivity index (χ0) is 15.6. The van der Waals surface area contributed by atoms with Gasteiger partial charge in [0.05, 0.1) is 16.8 Å². The molecule has 0 unspecified atom stereocenters. The largest absolute Gasteiger partial charge is 0.353 e. The van der Waals surface area contributed by atoms with Gasteiger partial charge in [-0.2, -0.15) is 0 Å². The van der Waals surface area contributed by atoms with E-state index in [0.29, 0.717) is 16.7 Å². The van der Waals surface area contributed by atoms with Gasteiger partial charge in [0, 0.05) is 18.1 Å².